The number of nitrogens with zero attached hydrogens (tertiary/aromatic N) is 2. The van der Waals surface area contributed by atoms with Gasteiger partial charge in [0.2, 0.25) is 5.95 Å². The van der Waals surface area contributed by atoms with Crippen molar-refractivity contribution in [3.05, 3.63) is 76.6 Å². The van der Waals surface area contributed by atoms with E-state index in [1.807, 2.05) is 32.0 Å². The van der Waals surface area contributed by atoms with E-state index < -0.39 is 5.97 Å². The van der Waals surface area contributed by atoms with Gasteiger partial charge in [0, 0.05) is 11.4 Å². The first kappa shape index (κ1) is 20.0. The highest BCUT2D eigenvalue weighted by Crippen LogP contribution is 2.21. The van der Waals surface area contributed by atoms with Gasteiger partial charge in [-0.3, -0.25) is 4.79 Å². The van der Waals surface area contributed by atoms with Crippen LogP contribution < -0.4 is 10.6 Å². The van der Waals surface area contributed by atoms with Gasteiger partial charge >= 0.3 is 5.97 Å². The SMILES string of the molecule is COC(=O)c1ccccc1Nc1nc(C)cc(C(=O)Nc2ccc(C)cc2C)n1. The minimum absolute atomic E-state index is 0.215. The summed E-state index contributed by atoms with van der Waals surface area (Å²) in [5, 5.41) is 5.88. The molecule has 1 amide bonds. The molecule has 0 bridgehead atoms. The van der Waals surface area contributed by atoms with Crippen molar-refractivity contribution in [2.75, 3.05) is 17.7 Å². The minimum atomic E-state index is -0.478. The molecule has 0 aliphatic heterocycles. The number of anilines is 3. The van der Waals surface area contributed by atoms with Crippen molar-refractivity contribution >= 4 is 29.2 Å². The highest BCUT2D eigenvalue weighted by molar-refractivity contribution is 6.03. The number of amides is 1. The molecule has 1 heterocycles. The van der Waals surface area contributed by atoms with Gasteiger partial charge in [0.15, 0.2) is 0 Å². The van der Waals surface area contributed by atoms with E-state index in [0.29, 0.717) is 16.9 Å². The van der Waals surface area contributed by atoms with E-state index in [9.17, 15) is 9.59 Å². The van der Waals surface area contributed by atoms with Crippen LogP contribution in [0.2, 0.25) is 0 Å². The molecule has 0 radical (unpaired) electrons. The summed E-state index contributed by atoms with van der Waals surface area (Å²) in [7, 11) is 1.32. The lowest BCUT2D eigenvalue weighted by molar-refractivity contribution is 0.0601. The maximum atomic E-state index is 12.7. The first-order valence-electron chi connectivity index (χ1n) is 9.06. The van der Waals surface area contributed by atoms with E-state index in [1.165, 1.54) is 7.11 Å². The molecule has 1 aromatic heterocycles. The van der Waals surface area contributed by atoms with Crippen LogP contribution in [0.25, 0.3) is 0 Å². The minimum Gasteiger partial charge on any atom is -0.465 e. The number of esters is 1. The highest BCUT2D eigenvalue weighted by atomic mass is 16.5. The Kier molecular flexibility index (Phi) is 5.87. The fraction of sp³-hybridized carbons (Fsp3) is 0.182. The lowest BCUT2D eigenvalue weighted by Gasteiger charge is -2.12. The summed E-state index contributed by atoms with van der Waals surface area (Å²) in [5.74, 6) is -0.604. The van der Waals surface area contributed by atoms with E-state index in [1.54, 1.807) is 37.3 Å². The van der Waals surface area contributed by atoms with Crippen molar-refractivity contribution in [2.24, 2.45) is 0 Å². The van der Waals surface area contributed by atoms with Crippen LogP contribution in [0.3, 0.4) is 0 Å². The third-order valence-electron chi connectivity index (χ3n) is 4.30. The summed E-state index contributed by atoms with van der Waals surface area (Å²) in [6.45, 7) is 5.70. The standard InChI is InChI=1S/C22H22N4O3/c1-13-9-10-17(14(2)11-13)24-20(27)19-12-15(3)23-22(26-19)25-18-8-6-5-7-16(18)21(28)29-4/h5-12H,1-4H3,(H,24,27)(H,23,25,26). The van der Waals surface area contributed by atoms with Crippen LogP contribution in [0.5, 0.6) is 0 Å². The van der Waals surface area contributed by atoms with Gasteiger partial charge in [-0.1, -0.05) is 29.8 Å². The van der Waals surface area contributed by atoms with Crippen LogP contribution in [0.1, 0.15) is 37.7 Å². The molecule has 7 nitrogen and oxygen atoms in total. The van der Waals surface area contributed by atoms with Gasteiger partial charge in [-0.25, -0.2) is 14.8 Å². The average molecular weight is 390 g/mol. The number of ether oxygens (including phenoxy) is 1. The second kappa shape index (κ2) is 8.52. The molecule has 0 aliphatic carbocycles. The van der Waals surface area contributed by atoms with Crippen LogP contribution in [0.15, 0.2) is 48.5 Å². The molecule has 2 aromatic carbocycles. The molecule has 0 spiro atoms. The predicted octanol–water partition coefficient (Wildman–Crippen LogP) is 4.18. The molecule has 29 heavy (non-hydrogen) atoms. The predicted molar refractivity (Wildman–Crippen MR) is 112 cm³/mol. The van der Waals surface area contributed by atoms with Crippen molar-refractivity contribution in [1.29, 1.82) is 0 Å². The van der Waals surface area contributed by atoms with Gasteiger partial charge in [-0.05, 0) is 50.6 Å². The molecule has 7 heteroatoms. The molecule has 0 saturated carbocycles. The van der Waals surface area contributed by atoms with Crippen molar-refractivity contribution in [3.8, 4) is 0 Å². The maximum absolute atomic E-state index is 12.7. The number of aryl methyl sites for hydroxylation is 3. The second-order valence-corrected chi connectivity index (χ2v) is 6.65. The zero-order valence-electron chi connectivity index (χ0n) is 16.7. The number of rotatable bonds is 5. The lowest BCUT2D eigenvalue weighted by atomic mass is 10.1. The van der Waals surface area contributed by atoms with Crippen molar-refractivity contribution in [2.45, 2.75) is 20.8 Å². The second-order valence-electron chi connectivity index (χ2n) is 6.65. The summed E-state index contributed by atoms with van der Waals surface area (Å²) in [6.07, 6.45) is 0. The summed E-state index contributed by atoms with van der Waals surface area (Å²) in [4.78, 5) is 33.3. The molecule has 0 aliphatic rings. The fourth-order valence-electron chi connectivity index (χ4n) is 2.88. The van der Waals surface area contributed by atoms with Gasteiger partial charge in [0.05, 0.1) is 18.4 Å². The molecule has 0 saturated heterocycles. The number of hydrogen-bond acceptors (Lipinski definition) is 6. The van der Waals surface area contributed by atoms with Crippen molar-refractivity contribution in [1.82, 2.24) is 9.97 Å². The van der Waals surface area contributed by atoms with E-state index >= 15 is 0 Å². The number of aromatic nitrogens is 2. The zero-order chi connectivity index (χ0) is 21.0. The molecule has 148 valence electrons. The first-order valence-corrected chi connectivity index (χ1v) is 9.06. The number of benzene rings is 2. The molecule has 3 rings (SSSR count). The van der Waals surface area contributed by atoms with Crippen molar-refractivity contribution in [3.63, 3.8) is 0 Å². The number of nitrogens with one attached hydrogen (secondary N) is 2. The Morgan fingerprint density at radius 1 is 0.931 bits per heavy atom. The lowest BCUT2D eigenvalue weighted by Crippen LogP contribution is -2.16. The van der Waals surface area contributed by atoms with Crippen LogP contribution in [0.4, 0.5) is 17.3 Å². The first-order chi connectivity index (χ1) is 13.9. The van der Waals surface area contributed by atoms with Gasteiger partial charge in [0.25, 0.3) is 5.91 Å². The Balaban J connectivity index is 1.87. The average Bonchev–Trinajstić information content (AvgIpc) is 2.69. The molecule has 0 fully saturated rings. The number of carbonyl (C=O) groups excluding carboxylic acids is 2. The summed E-state index contributed by atoms with van der Waals surface area (Å²) < 4.78 is 4.80. The third-order valence-corrected chi connectivity index (χ3v) is 4.30. The molecule has 2 N–H and O–H groups in total. The number of para-hydroxylation sites is 1. The Morgan fingerprint density at radius 2 is 1.69 bits per heavy atom. The third kappa shape index (κ3) is 4.76. The van der Waals surface area contributed by atoms with E-state index in [0.717, 1.165) is 16.8 Å². The smallest absolute Gasteiger partial charge is 0.339 e. The van der Waals surface area contributed by atoms with E-state index in [2.05, 4.69) is 20.6 Å². The topological polar surface area (TPSA) is 93.2 Å². The molecular formula is C22H22N4O3. The van der Waals surface area contributed by atoms with Gasteiger partial charge in [0.1, 0.15) is 5.69 Å². The Hall–Kier alpha value is -3.74. The molecule has 0 atom stereocenters. The summed E-state index contributed by atoms with van der Waals surface area (Å²) in [5.41, 5.74) is 4.48. The molecule has 0 unspecified atom stereocenters. The number of hydrogen-bond donors (Lipinski definition) is 2. The Morgan fingerprint density at radius 3 is 2.41 bits per heavy atom. The van der Waals surface area contributed by atoms with Crippen LogP contribution >= 0.6 is 0 Å². The molecule has 3 aromatic rings. The van der Waals surface area contributed by atoms with Gasteiger partial charge in [-0.15, -0.1) is 0 Å². The van der Waals surface area contributed by atoms with Crippen molar-refractivity contribution < 1.29 is 14.3 Å². The largest absolute Gasteiger partial charge is 0.465 e. The van der Waals surface area contributed by atoms with Crippen LogP contribution in [0, 0.1) is 20.8 Å². The fourth-order valence-corrected chi connectivity index (χ4v) is 2.88. The maximum Gasteiger partial charge on any atom is 0.339 e. The summed E-state index contributed by atoms with van der Waals surface area (Å²) in [6, 6.07) is 14.3. The van der Waals surface area contributed by atoms with E-state index in [4.69, 9.17) is 4.74 Å². The highest BCUT2D eigenvalue weighted by Gasteiger charge is 2.15. The van der Waals surface area contributed by atoms with Crippen LogP contribution in [-0.2, 0) is 4.74 Å². The van der Waals surface area contributed by atoms with Gasteiger partial charge < -0.3 is 15.4 Å². The van der Waals surface area contributed by atoms with Crippen LogP contribution in [-0.4, -0.2) is 29.0 Å². The Bertz CT molecular complexity index is 1080. The number of methoxy groups -OCH3 is 1. The van der Waals surface area contributed by atoms with Gasteiger partial charge in [-0.2, -0.15) is 0 Å². The Labute approximate surface area is 169 Å². The normalized spacial score (nSPS) is 10.3. The quantitative estimate of drug-likeness (QED) is 0.635. The monoisotopic (exact) mass is 390 g/mol. The number of carbonyl (C=O) groups is 2. The molecular weight excluding hydrogens is 368 g/mol. The zero-order valence-corrected chi connectivity index (χ0v) is 16.7. The summed E-state index contributed by atoms with van der Waals surface area (Å²) >= 11 is 0. The van der Waals surface area contributed by atoms with E-state index in [-0.39, 0.29) is 17.5 Å².